The lowest BCUT2D eigenvalue weighted by molar-refractivity contribution is -0.137. The highest BCUT2D eigenvalue weighted by Gasteiger charge is 2.38. The van der Waals surface area contributed by atoms with Gasteiger partial charge < -0.3 is 21.5 Å². The number of aromatic nitrogens is 1. The Labute approximate surface area is 212 Å². The molecule has 0 aliphatic carbocycles. The number of nitrogens with zero attached hydrogens (tertiary/aromatic N) is 2. The molecule has 5 N–H and O–H groups in total. The number of benzene rings is 2. The standard InChI is InChI=1S/C23H21F4N5O4S/c1-36-10-9-30-21(34)18(12-5-7-14(24)8-6-12)32(15-4-2-3-13(11-15)23(25,26)27)22(35)19-16(28)17(20(29)33)31-37-19/h2-8,11,18H,9-10,28H2,1H3,(H2,29,33)(H,30,34)/t18-/m0/s1. The third kappa shape index (κ3) is 6.21. The van der Waals surface area contributed by atoms with Gasteiger partial charge in [0.25, 0.3) is 11.8 Å². The van der Waals surface area contributed by atoms with Crippen molar-refractivity contribution in [2.75, 3.05) is 30.9 Å². The number of nitrogens with one attached hydrogen (secondary N) is 1. The van der Waals surface area contributed by atoms with Crippen LogP contribution in [0.15, 0.2) is 48.5 Å². The first kappa shape index (κ1) is 27.5. The zero-order valence-electron chi connectivity index (χ0n) is 19.2. The lowest BCUT2D eigenvalue weighted by atomic mass is 10.0. The van der Waals surface area contributed by atoms with Crippen LogP contribution in [0.4, 0.5) is 28.9 Å². The molecule has 0 aliphatic rings. The number of primary amides is 1. The summed E-state index contributed by atoms with van der Waals surface area (Å²) in [6.45, 7) is 0.106. The fraction of sp³-hybridized carbons (Fsp3) is 0.217. The van der Waals surface area contributed by atoms with Gasteiger partial charge in [-0.1, -0.05) is 18.2 Å². The minimum atomic E-state index is -4.76. The van der Waals surface area contributed by atoms with E-state index < -0.39 is 52.7 Å². The average Bonchev–Trinajstić information content (AvgIpc) is 3.24. The summed E-state index contributed by atoms with van der Waals surface area (Å²) in [5, 5.41) is 2.54. The van der Waals surface area contributed by atoms with Gasteiger partial charge in [0.15, 0.2) is 5.69 Å². The average molecular weight is 540 g/mol. The van der Waals surface area contributed by atoms with Gasteiger partial charge in [0.1, 0.15) is 16.7 Å². The van der Waals surface area contributed by atoms with Crippen molar-refractivity contribution in [3.63, 3.8) is 0 Å². The molecule has 9 nitrogen and oxygen atoms in total. The van der Waals surface area contributed by atoms with E-state index >= 15 is 0 Å². The van der Waals surface area contributed by atoms with Crippen LogP contribution in [0.5, 0.6) is 0 Å². The lowest BCUT2D eigenvalue weighted by Gasteiger charge is -2.31. The Kier molecular flexibility index (Phi) is 8.45. The highest BCUT2D eigenvalue weighted by Crippen LogP contribution is 2.37. The van der Waals surface area contributed by atoms with Gasteiger partial charge in [0.2, 0.25) is 5.91 Å². The molecule has 3 rings (SSSR count). The van der Waals surface area contributed by atoms with Crippen molar-refractivity contribution in [1.29, 1.82) is 0 Å². The summed E-state index contributed by atoms with van der Waals surface area (Å²) in [4.78, 5) is 39.2. The molecule has 1 atom stereocenters. The number of anilines is 2. The summed E-state index contributed by atoms with van der Waals surface area (Å²) < 4.78 is 62.9. The van der Waals surface area contributed by atoms with Crippen LogP contribution in [-0.2, 0) is 15.7 Å². The fourth-order valence-electron chi connectivity index (χ4n) is 3.39. The Morgan fingerprint density at radius 1 is 1.16 bits per heavy atom. The predicted octanol–water partition coefficient (Wildman–Crippen LogP) is 3.13. The van der Waals surface area contributed by atoms with Crippen molar-refractivity contribution in [2.24, 2.45) is 5.73 Å². The van der Waals surface area contributed by atoms with Crippen LogP contribution >= 0.6 is 11.5 Å². The number of hydrogen-bond acceptors (Lipinski definition) is 7. The third-order valence-electron chi connectivity index (χ3n) is 5.12. The van der Waals surface area contributed by atoms with Crippen LogP contribution in [0.3, 0.4) is 0 Å². The molecular weight excluding hydrogens is 518 g/mol. The monoisotopic (exact) mass is 539 g/mol. The summed E-state index contributed by atoms with van der Waals surface area (Å²) in [5.41, 5.74) is 9.02. The van der Waals surface area contributed by atoms with Gasteiger partial charge in [-0.05, 0) is 47.4 Å². The molecule has 0 radical (unpaired) electrons. The highest BCUT2D eigenvalue weighted by molar-refractivity contribution is 7.09. The minimum absolute atomic E-state index is 0.00612. The second kappa shape index (κ2) is 11.3. The van der Waals surface area contributed by atoms with Gasteiger partial charge in [-0.3, -0.25) is 19.3 Å². The number of nitrogen functional groups attached to an aromatic ring is 1. The van der Waals surface area contributed by atoms with Crippen molar-refractivity contribution in [1.82, 2.24) is 9.69 Å². The fourth-order valence-corrected chi connectivity index (χ4v) is 4.13. The first-order valence-corrected chi connectivity index (χ1v) is 11.3. The quantitative estimate of drug-likeness (QED) is 0.282. The maximum absolute atomic E-state index is 13.8. The van der Waals surface area contributed by atoms with Crippen molar-refractivity contribution in [2.45, 2.75) is 12.2 Å². The number of methoxy groups -OCH3 is 1. The van der Waals surface area contributed by atoms with Crippen molar-refractivity contribution in [3.8, 4) is 0 Å². The van der Waals surface area contributed by atoms with Crippen molar-refractivity contribution >= 4 is 40.6 Å². The Morgan fingerprint density at radius 2 is 1.84 bits per heavy atom. The number of hydrogen-bond donors (Lipinski definition) is 3. The number of carbonyl (C=O) groups is 3. The molecule has 196 valence electrons. The lowest BCUT2D eigenvalue weighted by Crippen LogP contribution is -2.44. The second-order valence-corrected chi connectivity index (χ2v) is 8.37. The molecule has 3 aromatic rings. The van der Waals surface area contributed by atoms with E-state index in [1.54, 1.807) is 0 Å². The van der Waals surface area contributed by atoms with Gasteiger partial charge in [-0.2, -0.15) is 17.5 Å². The van der Waals surface area contributed by atoms with Crippen LogP contribution < -0.4 is 21.7 Å². The van der Waals surface area contributed by atoms with E-state index in [0.29, 0.717) is 17.6 Å². The van der Waals surface area contributed by atoms with Crippen LogP contribution in [0.1, 0.15) is 37.3 Å². The van der Waals surface area contributed by atoms with E-state index in [1.807, 2.05) is 0 Å². The normalized spacial score (nSPS) is 12.1. The molecule has 0 bridgehead atoms. The number of rotatable bonds is 9. The second-order valence-electron chi connectivity index (χ2n) is 7.60. The summed E-state index contributed by atoms with van der Waals surface area (Å²) >= 11 is 0.493. The molecule has 0 saturated carbocycles. The molecule has 0 fully saturated rings. The highest BCUT2D eigenvalue weighted by atomic mass is 32.1. The Hall–Kier alpha value is -4.04. The molecule has 0 aliphatic heterocycles. The van der Waals surface area contributed by atoms with Gasteiger partial charge in [-0.15, -0.1) is 0 Å². The molecule has 37 heavy (non-hydrogen) atoms. The summed E-state index contributed by atoms with van der Waals surface area (Å²) in [7, 11) is 1.39. The minimum Gasteiger partial charge on any atom is -0.395 e. The van der Waals surface area contributed by atoms with Gasteiger partial charge >= 0.3 is 6.18 Å². The van der Waals surface area contributed by atoms with Crippen molar-refractivity contribution < 1.29 is 36.7 Å². The molecule has 1 aromatic heterocycles. The predicted molar refractivity (Wildman–Crippen MR) is 127 cm³/mol. The Bertz CT molecular complexity index is 1300. The van der Waals surface area contributed by atoms with Gasteiger partial charge in [-0.25, -0.2) is 4.39 Å². The molecule has 3 amide bonds. The number of nitrogens with two attached hydrogens (primary N) is 2. The van der Waals surface area contributed by atoms with Crippen LogP contribution in [0.25, 0.3) is 0 Å². The van der Waals surface area contributed by atoms with Crippen LogP contribution in [-0.4, -0.2) is 42.4 Å². The number of amides is 3. The Balaban J connectivity index is 2.24. The number of carbonyl (C=O) groups excluding carboxylic acids is 3. The van der Waals surface area contributed by atoms with Gasteiger partial charge in [0, 0.05) is 19.3 Å². The number of alkyl halides is 3. The van der Waals surface area contributed by atoms with E-state index in [4.69, 9.17) is 16.2 Å². The largest absolute Gasteiger partial charge is 0.416 e. The number of halogens is 4. The SMILES string of the molecule is COCCNC(=O)[C@H](c1ccc(F)cc1)N(C(=O)c1snc(C(N)=O)c1N)c1cccc(C(F)(F)F)c1. The molecule has 0 unspecified atom stereocenters. The molecule has 14 heteroatoms. The molecular formula is C23H21F4N5O4S. The first-order valence-electron chi connectivity index (χ1n) is 10.5. The van der Waals surface area contributed by atoms with Crippen LogP contribution in [0.2, 0.25) is 0 Å². The van der Waals surface area contributed by atoms with E-state index in [9.17, 15) is 31.9 Å². The summed E-state index contributed by atoms with van der Waals surface area (Å²) in [6, 6.07) is 6.66. The van der Waals surface area contributed by atoms with E-state index in [1.165, 1.54) is 25.3 Å². The molecule has 0 saturated heterocycles. The van der Waals surface area contributed by atoms with E-state index in [2.05, 4.69) is 9.69 Å². The van der Waals surface area contributed by atoms with E-state index in [0.717, 1.165) is 29.2 Å². The summed E-state index contributed by atoms with van der Waals surface area (Å²) in [5.74, 6) is -3.49. The van der Waals surface area contributed by atoms with Crippen molar-refractivity contribution in [3.05, 3.63) is 76.0 Å². The molecule has 2 aromatic carbocycles. The maximum Gasteiger partial charge on any atom is 0.416 e. The van der Waals surface area contributed by atoms with E-state index in [-0.39, 0.29) is 29.3 Å². The smallest absolute Gasteiger partial charge is 0.395 e. The topological polar surface area (TPSA) is 141 Å². The first-order chi connectivity index (χ1) is 17.5. The molecule has 0 spiro atoms. The summed E-state index contributed by atoms with van der Waals surface area (Å²) in [6.07, 6.45) is -4.76. The Morgan fingerprint density at radius 3 is 2.41 bits per heavy atom. The third-order valence-corrected chi connectivity index (χ3v) is 5.97. The maximum atomic E-state index is 13.8. The van der Waals surface area contributed by atoms with Crippen LogP contribution in [0, 0.1) is 5.82 Å². The van der Waals surface area contributed by atoms with Gasteiger partial charge in [0.05, 0.1) is 17.9 Å². The zero-order chi connectivity index (χ0) is 27.3. The zero-order valence-corrected chi connectivity index (χ0v) is 20.0. The number of ether oxygens (including phenoxy) is 1. The molecule has 1 heterocycles.